The van der Waals surface area contributed by atoms with Gasteiger partial charge in [-0.1, -0.05) is 26.0 Å². The molecular formula is C20H34O2. The van der Waals surface area contributed by atoms with E-state index >= 15 is 0 Å². The van der Waals surface area contributed by atoms with Crippen LogP contribution in [0.25, 0.3) is 0 Å². The van der Waals surface area contributed by atoms with E-state index in [9.17, 15) is 10.2 Å². The van der Waals surface area contributed by atoms with E-state index < -0.39 is 5.60 Å². The number of fused-ring (bicyclic) bond motifs is 2. The van der Waals surface area contributed by atoms with Crippen molar-refractivity contribution >= 4 is 0 Å². The Bertz CT molecular complexity index is 468. The minimum Gasteiger partial charge on any atom is -0.393 e. The highest BCUT2D eigenvalue weighted by Gasteiger charge is 2.59. The number of allylic oxidation sites excluding steroid dienone is 1. The highest BCUT2D eigenvalue weighted by molar-refractivity contribution is 5.13. The maximum absolute atomic E-state index is 11.1. The van der Waals surface area contributed by atoms with Crippen LogP contribution in [0, 0.1) is 28.6 Å². The van der Waals surface area contributed by atoms with Crippen LogP contribution < -0.4 is 0 Å². The van der Waals surface area contributed by atoms with Gasteiger partial charge in [0.1, 0.15) is 0 Å². The quantitative estimate of drug-likeness (QED) is 0.709. The van der Waals surface area contributed by atoms with Crippen molar-refractivity contribution in [2.24, 2.45) is 28.6 Å². The highest BCUT2D eigenvalue weighted by Crippen LogP contribution is 2.63. The molecule has 0 aromatic heterocycles. The summed E-state index contributed by atoms with van der Waals surface area (Å²) in [5, 5.41) is 21.8. The molecule has 126 valence electrons. The zero-order valence-corrected chi connectivity index (χ0v) is 14.9. The molecule has 22 heavy (non-hydrogen) atoms. The topological polar surface area (TPSA) is 40.5 Å². The van der Waals surface area contributed by atoms with Crippen molar-refractivity contribution in [3.63, 3.8) is 0 Å². The number of hydrogen-bond acceptors (Lipinski definition) is 2. The summed E-state index contributed by atoms with van der Waals surface area (Å²) in [4.78, 5) is 0. The third-order valence-corrected chi connectivity index (χ3v) is 7.94. The molecule has 2 nitrogen and oxygen atoms in total. The average Bonchev–Trinajstić information content (AvgIpc) is 2.69. The summed E-state index contributed by atoms with van der Waals surface area (Å²) in [6.07, 6.45) is 6.99. The summed E-state index contributed by atoms with van der Waals surface area (Å²) in [6.45, 7) is 13.1. The van der Waals surface area contributed by atoms with Crippen LogP contribution in [0.4, 0.5) is 0 Å². The van der Waals surface area contributed by atoms with Crippen molar-refractivity contribution in [3.05, 3.63) is 12.2 Å². The molecule has 0 aromatic carbocycles. The van der Waals surface area contributed by atoms with Crippen LogP contribution in [0.1, 0.15) is 72.6 Å². The molecule has 0 aromatic rings. The Morgan fingerprint density at radius 1 is 1.05 bits per heavy atom. The van der Waals surface area contributed by atoms with Gasteiger partial charge in [0.25, 0.3) is 0 Å². The lowest BCUT2D eigenvalue weighted by Gasteiger charge is -2.53. The Morgan fingerprint density at radius 2 is 1.73 bits per heavy atom. The van der Waals surface area contributed by atoms with Gasteiger partial charge in [0.15, 0.2) is 0 Å². The van der Waals surface area contributed by atoms with Crippen LogP contribution in [-0.2, 0) is 0 Å². The second-order valence-corrected chi connectivity index (χ2v) is 9.46. The van der Waals surface area contributed by atoms with E-state index in [4.69, 9.17) is 0 Å². The third kappa shape index (κ3) is 2.29. The van der Waals surface area contributed by atoms with Crippen LogP contribution in [0.15, 0.2) is 12.2 Å². The monoisotopic (exact) mass is 306 g/mol. The summed E-state index contributed by atoms with van der Waals surface area (Å²) in [7, 11) is 0. The van der Waals surface area contributed by atoms with E-state index in [0.29, 0.717) is 17.3 Å². The van der Waals surface area contributed by atoms with Crippen LogP contribution in [0.2, 0.25) is 0 Å². The summed E-state index contributed by atoms with van der Waals surface area (Å²) < 4.78 is 0. The van der Waals surface area contributed by atoms with Crippen LogP contribution in [0.5, 0.6) is 0 Å². The minimum atomic E-state index is -0.632. The zero-order chi connectivity index (χ0) is 16.3. The SMILES string of the molecule is C=C(C)[C@H]1CC[C@]2(C)C[C@H]3[C@](C)(CC[C@@H]12)[C@@H](O)CC[C@]3(C)O. The van der Waals surface area contributed by atoms with Gasteiger partial charge in [0.05, 0.1) is 11.7 Å². The van der Waals surface area contributed by atoms with Crippen molar-refractivity contribution in [2.75, 3.05) is 0 Å². The molecule has 0 radical (unpaired) electrons. The van der Waals surface area contributed by atoms with Gasteiger partial charge in [-0.25, -0.2) is 0 Å². The van der Waals surface area contributed by atoms with Crippen molar-refractivity contribution in [3.8, 4) is 0 Å². The van der Waals surface area contributed by atoms with Crippen molar-refractivity contribution < 1.29 is 10.2 Å². The summed E-state index contributed by atoms with van der Waals surface area (Å²) >= 11 is 0. The number of aliphatic hydroxyl groups excluding tert-OH is 1. The first-order chi connectivity index (χ1) is 10.1. The molecule has 0 aliphatic heterocycles. The van der Waals surface area contributed by atoms with Gasteiger partial charge < -0.3 is 10.2 Å². The fraction of sp³-hybridized carbons (Fsp3) is 0.900. The predicted molar refractivity (Wildman–Crippen MR) is 90.4 cm³/mol. The van der Waals surface area contributed by atoms with Crippen molar-refractivity contribution in [2.45, 2.75) is 84.3 Å². The molecular weight excluding hydrogens is 272 g/mol. The normalized spacial score (nSPS) is 55.2. The minimum absolute atomic E-state index is 0.130. The Balaban J connectivity index is 1.98. The molecule has 0 heterocycles. The molecule has 3 fully saturated rings. The summed E-state index contributed by atoms with van der Waals surface area (Å²) in [6, 6.07) is 0. The molecule has 3 rings (SSSR count). The predicted octanol–water partition coefficient (Wildman–Crippen LogP) is 4.31. The first-order valence-corrected chi connectivity index (χ1v) is 9.16. The fourth-order valence-electron chi connectivity index (χ4n) is 6.35. The van der Waals surface area contributed by atoms with Crippen LogP contribution in [0.3, 0.4) is 0 Å². The van der Waals surface area contributed by atoms with Crippen molar-refractivity contribution in [1.29, 1.82) is 0 Å². The molecule has 7 atom stereocenters. The van der Waals surface area contributed by atoms with E-state index in [0.717, 1.165) is 25.7 Å². The lowest BCUT2D eigenvalue weighted by atomic mass is 9.56. The van der Waals surface area contributed by atoms with E-state index in [-0.39, 0.29) is 17.4 Å². The van der Waals surface area contributed by atoms with E-state index in [1.165, 1.54) is 24.8 Å². The van der Waals surface area contributed by atoms with Crippen LogP contribution >= 0.6 is 0 Å². The van der Waals surface area contributed by atoms with E-state index in [2.05, 4.69) is 27.4 Å². The second-order valence-electron chi connectivity index (χ2n) is 9.46. The number of rotatable bonds is 1. The first-order valence-electron chi connectivity index (χ1n) is 9.16. The lowest BCUT2D eigenvalue weighted by molar-refractivity contribution is -0.158. The molecule has 0 bridgehead atoms. The van der Waals surface area contributed by atoms with Gasteiger partial charge >= 0.3 is 0 Å². The number of aliphatic hydroxyl groups is 2. The largest absolute Gasteiger partial charge is 0.393 e. The molecule has 0 unspecified atom stereocenters. The Hall–Kier alpha value is -0.340. The number of hydrogen-bond donors (Lipinski definition) is 2. The third-order valence-electron chi connectivity index (χ3n) is 7.94. The fourth-order valence-corrected chi connectivity index (χ4v) is 6.35. The maximum atomic E-state index is 11.1. The van der Waals surface area contributed by atoms with E-state index in [1.54, 1.807) is 0 Å². The van der Waals surface area contributed by atoms with Crippen LogP contribution in [-0.4, -0.2) is 21.9 Å². The molecule has 2 heteroatoms. The van der Waals surface area contributed by atoms with Gasteiger partial charge in [0.2, 0.25) is 0 Å². The first kappa shape index (κ1) is 16.5. The smallest absolute Gasteiger partial charge is 0.0655 e. The average molecular weight is 306 g/mol. The van der Waals surface area contributed by atoms with Gasteiger partial charge in [-0.15, -0.1) is 0 Å². The standard InChI is InChI=1S/C20H34O2/c1-13(2)14-6-9-18(3)12-16-19(4,10-7-15(14)18)17(21)8-11-20(16,5)22/h14-17,21-22H,1,6-12H2,2-5H3/t14-,15+,16+,17+,18-,19+,20+/m1/s1. The molecule has 3 aliphatic rings. The van der Waals surface area contributed by atoms with Gasteiger partial charge in [-0.05, 0) is 87.4 Å². The molecule has 2 N–H and O–H groups in total. The zero-order valence-electron chi connectivity index (χ0n) is 14.9. The Morgan fingerprint density at radius 3 is 2.36 bits per heavy atom. The molecule has 0 amide bonds. The summed E-state index contributed by atoms with van der Waals surface area (Å²) in [5.74, 6) is 1.52. The highest BCUT2D eigenvalue weighted by atomic mass is 16.3. The Kier molecular flexibility index (Phi) is 3.81. The van der Waals surface area contributed by atoms with E-state index in [1.807, 2.05) is 6.92 Å². The van der Waals surface area contributed by atoms with Crippen molar-refractivity contribution in [1.82, 2.24) is 0 Å². The van der Waals surface area contributed by atoms with Gasteiger partial charge in [-0.2, -0.15) is 0 Å². The molecule has 3 aliphatic carbocycles. The summed E-state index contributed by atoms with van der Waals surface area (Å²) in [5.41, 5.74) is 0.866. The van der Waals surface area contributed by atoms with Gasteiger partial charge in [0, 0.05) is 0 Å². The Labute approximate surface area is 136 Å². The molecule has 0 saturated heterocycles. The maximum Gasteiger partial charge on any atom is 0.0655 e. The second kappa shape index (κ2) is 5.08. The molecule has 0 spiro atoms. The van der Waals surface area contributed by atoms with Gasteiger partial charge in [-0.3, -0.25) is 0 Å². The molecule has 3 saturated carbocycles. The lowest BCUT2D eigenvalue weighted by Crippen LogP contribution is -2.55.